The van der Waals surface area contributed by atoms with Crippen LogP contribution in [0.1, 0.15) is 54.4 Å². The summed E-state index contributed by atoms with van der Waals surface area (Å²) >= 11 is 0. The van der Waals surface area contributed by atoms with Gasteiger partial charge in [-0.3, -0.25) is 4.79 Å². The SMILES string of the molecule is CC1CCC(c2ccc(-c3ccc(C=O)cc3)cc2)CC1. The molecule has 0 unspecified atom stereocenters. The first kappa shape index (κ1) is 14.1. The standard InChI is InChI=1S/C20H22O/c1-15-2-6-17(7-3-15)19-10-12-20(13-11-19)18-8-4-16(14-21)5-9-18/h4-5,8-15,17H,2-3,6-7H2,1H3. The fourth-order valence-electron chi connectivity index (χ4n) is 3.30. The number of benzene rings is 2. The van der Waals surface area contributed by atoms with Gasteiger partial charge in [0.25, 0.3) is 0 Å². The van der Waals surface area contributed by atoms with Crippen molar-refractivity contribution in [3.63, 3.8) is 0 Å². The second-order valence-electron chi connectivity index (χ2n) is 6.32. The molecule has 108 valence electrons. The number of aldehydes is 1. The van der Waals surface area contributed by atoms with Crippen LogP contribution >= 0.6 is 0 Å². The highest BCUT2D eigenvalue weighted by atomic mass is 16.1. The van der Waals surface area contributed by atoms with Gasteiger partial charge >= 0.3 is 0 Å². The van der Waals surface area contributed by atoms with E-state index < -0.39 is 0 Å². The monoisotopic (exact) mass is 278 g/mol. The highest BCUT2D eigenvalue weighted by Crippen LogP contribution is 2.36. The minimum absolute atomic E-state index is 0.728. The predicted octanol–water partition coefficient (Wildman–Crippen LogP) is 5.46. The number of hydrogen-bond acceptors (Lipinski definition) is 1. The van der Waals surface area contributed by atoms with Gasteiger partial charge in [0, 0.05) is 5.56 Å². The lowest BCUT2D eigenvalue weighted by atomic mass is 9.79. The van der Waals surface area contributed by atoms with Crippen molar-refractivity contribution in [2.75, 3.05) is 0 Å². The summed E-state index contributed by atoms with van der Waals surface area (Å²) in [6, 6.07) is 16.8. The Kier molecular flexibility index (Phi) is 4.19. The minimum atomic E-state index is 0.728. The van der Waals surface area contributed by atoms with Crippen molar-refractivity contribution in [2.24, 2.45) is 5.92 Å². The van der Waals surface area contributed by atoms with Gasteiger partial charge < -0.3 is 0 Å². The van der Waals surface area contributed by atoms with Crippen LogP contribution < -0.4 is 0 Å². The first-order valence-electron chi connectivity index (χ1n) is 7.92. The number of carbonyl (C=O) groups is 1. The largest absolute Gasteiger partial charge is 0.298 e. The van der Waals surface area contributed by atoms with Crippen LogP contribution in [0.4, 0.5) is 0 Å². The first-order chi connectivity index (χ1) is 10.3. The lowest BCUT2D eigenvalue weighted by molar-refractivity contribution is 0.112. The molecule has 0 radical (unpaired) electrons. The normalized spacial score (nSPS) is 22.0. The van der Waals surface area contributed by atoms with Gasteiger partial charge in [0.2, 0.25) is 0 Å². The van der Waals surface area contributed by atoms with Crippen LogP contribution in [-0.2, 0) is 0 Å². The molecule has 0 amide bonds. The average molecular weight is 278 g/mol. The minimum Gasteiger partial charge on any atom is -0.298 e. The third-order valence-electron chi connectivity index (χ3n) is 4.78. The van der Waals surface area contributed by atoms with E-state index in [1.807, 2.05) is 24.3 Å². The Labute approximate surface area is 127 Å². The van der Waals surface area contributed by atoms with E-state index in [-0.39, 0.29) is 0 Å². The van der Waals surface area contributed by atoms with Crippen LogP contribution in [0.5, 0.6) is 0 Å². The molecular weight excluding hydrogens is 256 g/mol. The molecule has 0 aromatic heterocycles. The Balaban J connectivity index is 1.75. The van der Waals surface area contributed by atoms with Crippen molar-refractivity contribution in [2.45, 2.75) is 38.5 Å². The molecule has 1 aliphatic carbocycles. The second-order valence-corrected chi connectivity index (χ2v) is 6.32. The molecule has 1 aliphatic rings. The van der Waals surface area contributed by atoms with Crippen molar-refractivity contribution in [3.8, 4) is 11.1 Å². The second kappa shape index (κ2) is 6.26. The molecule has 1 saturated carbocycles. The van der Waals surface area contributed by atoms with Crippen molar-refractivity contribution >= 4 is 6.29 Å². The Morgan fingerprint density at radius 3 is 1.86 bits per heavy atom. The molecule has 0 spiro atoms. The summed E-state index contributed by atoms with van der Waals surface area (Å²) in [5.74, 6) is 1.64. The highest BCUT2D eigenvalue weighted by molar-refractivity contribution is 5.76. The van der Waals surface area contributed by atoms with E-state index in [2.05, 4.69) is 31.2 Å². The summed E-state index contributed by atoms with van der Waals surface area (Å²) in [4.78, 5) is 10.7. The third kappa shape index (κ3) is 3.24. The Morgan fingerprint density at radius 2 is 1.33 bits per heavy atom. The van der Waals surface area contributed by atoms with Gasteiger partial charge in [0.1, 0.15) is 6.29 Å². The highest BCUT2D eigenvalue weighted by Gasteiger charge is 2.19. The van der Waals surface area contributed by atoms with Gasteiger partial charge in [-0.15, -0.1) is 0 Å². The zero-order valence-corrected chi connectivity index (χ0v) is 12.6. The lowest BCUT2D eigenvalue weighted by Crippen LogP contribution is -2.10. The van der Waals surface area contributed by atoms with E-state index >= 15 is 0 Å². The molecule has 0 aliphatic heterocycles. The summed E-state index contributed by atoms with van der Waals surface area (Å²) in [5.41, 5.74) is 4.60. The molecule has 0 N–H and O–H groups in total. The fourth-order valence-corrected chi connectivity index (χ4v) is 3.30. The van der Waals surface area contributed by atoms with Crippen LogP contribution in [-0.4, -0.2) is 6.29 Å². The summed E-state index contributed by atoms with van der Waals surface area (Å²) in [6.45, 7) is 2.36. The van der Waals surface area contributed by atoms with Gasteiger partial charge in [-0.2, -0.15) is 0 Å². The number of hydrogen-bond donors (Lipinski definition) is 0. The van der Waals surface area contributed by atoms with E-state index in [0.717, 1.165) is 23.7 Å². The molecule has 0 heterocycles. The Bertz CT molecular complexity index is 587. The summed E-state index contributed by atoms with van der Waals surface area (Å²) < 4.78 is 0. The van der Waals surface area contributed by atoms with Crippen LogP contribution in [0, 0.1) is 5.92 Å². The zero-order valence-electron chi connectivity index (χ0n) is 12.6. The van der Waals surface area contributed by atoms with Gasteiger partial charge in [0.05, 0.1) is 0 Å². The van der Waals surface area contributed by atoms with E-state index in [0.29, 0.717) is 0 Å². The average Bonchev–Trinajstić information content (AvgIpc) is 2.56. The molecule has 3 rings (SSSR count). The fraction of sp³-hybridized carbons (Fsp3) is 0.350. The summed E-state index contributed by atoms with van der Waals surface area (Å²) in [6.07, 6.45) is 6.26. The lowest BCUT2D eigenvalue weighted by Gasteiger charge is -2.26. The molecule has 1 heteroatoms. The molecule has 0 bridgehead atoms. The molecule has 1 fully saturated rings. The molecule has 2 aromatic rings. The summed E-state index contributed by atoms with van der Waals surface area (Å²) in [5, 5.41) is 0. The number of rotatable bonds is 3. The zero-order chi connectivity index (χ0) is 14.7. The Morgan fingerprint density at radius 1 is 0.810 bits per heavy atom. The topological polar surface area (TPSA) is 17.1 Å². The smallest absolute Gasteiger partial charge is 0.150 e. The molecule has 0 saturated heterocycles. The maximum atomic E-state index is 10.7. The van der Waals surface area contributed by atoms with E-state index in [1.54, 1.807) is 0 Å². The predicted molar refractivity (Wildman–Crippen MR) is 87.6 cm³/mol. The van der Waals surface area contributed by atoms with Gasteiger partial charge in [-0.25, -0.2) is 0 Å². The van der Waals surface area contributed by atoms with Crippen molar-refractivity contribution in [3.05, 3.63) is 59.7 Å². The van der Waals surface area contributed by atoms with Crippen LogP contribution in [0.15, 0.2) is 48.5 Å². The molecule has 1 nitrogen and oxygen atoms in total. The van der Waals surface area contributed by atoms with Gasteiger partial charge in [-0.05, 0) is 41.4 Å². The van der Waals surface area contributed by atoms with Gasteiger partial charge in [-0.1, -0.05) is 68.3 Å². The van der Waals surface area contributed by atoms with Crippen LogP contribution in [0.25, 0.3) is 11.1 Å². The molecule has 21 heavy (non-hydrogen) atoms. The van der Waals surface area contributed by atoms with Crippen molar-refractivity contribution in [1.82, 2.24) is 0 Å². The van der Waals surface area contributed by atoms with Gasteiger partial charge in [0.15, 0.2) is 0 Å². The van der Waals surface area contributed by atoms with Crippen molar-refractivity contribution in [1.29, 1.82) is 0 Å². The molecule has 2 aromatic carbocycles. The van der Waals surface area contributed by atoms with Crippen LogP contribution in [0.2, 0.25) is 0 Å². The quantitative estimate of drug-likeness (QED) is 0.681. The maximum Gasteiger partial charge on any atom is 0.150 e. The molecule has 0 atom stereocenters. The maximum absolute atomic E-state index is 10.7. The van der Waals surface area contributed by atoms with Crippen LogP contribution in [0.3, 0.4) is 0 Å². The van der Waals surface area contributed by atoms with Crippen molar-refractivity contribution < 1.29 is 4.79 Å². The van der Waals surface area contributed by atoms with E-state index in [4.69, 9.17) is 0 Å². The van der Waals surface area contributed by atoms with E-state index in [1.165, 1.54) is 42.4 Å². The summed E-state index contributed by atoms with van der Waals surface area (Å²) in [7, 11) is 0. The van der Waals surface area contributed by atoms with E-state index in [9.17, 15) is 4.79 Å². The number of carbonyl (C=O) groups excluding carboxylic acids is 1. The third-order valence-corrected chi connectivity index (χ3v) is 4.78. The molecular formula is C20H22O. The Hall–Kier alpha value is -1.89. The first-order valence-corrected chi connectivity index (χ1v) is 7.92.